The fourth-order valence-electron chi connectivity index (χ4n) is 1.66. The van der Waals surface area contributed by atoms with Crippen LogP contribution in [-0.2, 0) is 0 Å². The Balaban J connectivity index is 4.75. The van der Waals surface area contributed by atoms with E-state index in [1.54, 1.807) is 0 Å². The van der Waals surface area contributed by atoms with E-state index in [-0.39, 0.29) is 0 Å². The summed E-state index contributed by atoms with van der Waals surface area (Å²) in [6, 6.07) is 0. The highest BCUT2D eigenvalue weighted by molar-refractivity contribution is 4.91. The first kappa shape index (κ1) is 24.1. The quantitative estimate of drug-likeness (QED) is 0.602. The Kier molecular flexibility index (Phi) is 7.47. The second-order valence-electron chi connectivity index (χ2n) is 5.12. The first-order valence-corrected chi connectivity index (χ1v) is 6.39. The monoisotopic (exact) mass is 404 g/mol. The highest BCUT2D eigenvalue weighted by Crippen LogP contribution is 2.40. The van der Waals surface area contributed by atoms with Gasteiger partial charge in [-0.1, -0.05) is 0 Å². The molecule has 0 aromatic heterocycles. The lowest BCUT2D eigenvalue weighted by Crippen LogP contribution is -2.50. The van der Waals surface area contributed by atoms with Crippen LogP contribution < -0.4 is 0 Å². The Morgan fingerprint density at radius 3 is 1.00 bits per heavy atom. The third-order valence-electron chi connectivity index (χ3n) is 3.09. The molecule has 0 aromatic rings. The minimum absolute atomic E-state index is 1.16. The van der Waals surface area contributed by atoms with Crippen molar-refractivity contribution in [2.75, 3.05) is 0 Å². The van der Waals surface area contributed by atoms with Crippen LogP contribution in [0.5, 0.6) is 0 Å². The molecule has 0 aliphatic carbocycles. The van der Waals surface area contributed by atoms with Crippen LogP contribution in [0.4, 0.5) is 52.7 Å². The van der Waals surface area contributed by atoms with Gasteiger partial charge in [0.05, 0.1) is 0 Å². The van der Waals surface area contributed by atoms with E-state index in [0.29, 0.717) is 0 Å². The summed E-state index contributed by atoms with van der Waals surface area (Å²) in [6.07, 6.45) is -32.4. The summed E-state index contributed by atoms with van der Waals surface area (Å²) < 4.78 is 148. The maximum atomic E-state index is 13.0. The molecule has 2 nitrogen and oxygen atoms in total. The molecule has 0 heterocycles. The molecule has 0 bridgehead atoms. The third kappa shape index (κ3) is 6.08. The SMILES string of the molecule is OC(CCCC(O)C(F)(F)C(F)C(F)(F)F)C(F)(F)C(F)C(F)(F)F. The van der Waals surface area contributed by atoms with Crippen LogP contribution in [0.1, 0.15) is 19.3 Å². The van der Waals surface area contributed by atoms with Gasteiger partial charge in [-0.15, -0.1) is 0 Å². The molecule has 0 amide bonds. The zero-order valence-electron chi connectivity index (χ0n) is 11.9. The molecule has 0 fully saturated rings. The Labute approximate surface area is 132 Å². The number of alkyl halides is 12. The molecule has 0 aromatic carbocycles. The third-order valence-corrected chi connectivity index (χ3v) is 3.09. The number of aliphatic hydroxyl groups excluding tert-OH is 2. The average Bonchev–Trinajstić information content (AvgIpc) is 2.42. The molecule has 4 unspecified atom stereocenters. The topological polar surface area (TPSA) is 40.5 Å². The summed E-state index contributed by atoms with van der Waals surface area (Å²) in [5.41, 5.74) is 0. The largest absolute Gasteiger partial charge is 0.425 e. The zero-order chi connectivity index (χ0) is 20.4. The molecule has 0 aliphatic heterocycles. The highest BCUT2D eigenvalue weighted by Gasteiger charge is 2.61. The van der Waals surface area contributed by atoms with E-state index in [1.807, 2.05) is 0 Å². The maximum Gasteiger partial charge on any atom is 0.425 e. The molecule has 0 spiro atoms. The van der Waals surface area contributed by atoms with Crippen molar-refractivity contribution in [3.8, 4) is 0 Å². The Hall–Kier alpha value is -0.920. The maximum absolute atomic E-state index is 13.0. The van der Waals surface area contributed by atoms with Gasteiger partial charge in [0.15, 0.2) is 0 Å². The zero-order valence-corrected chi connectivity index (χ0v) is 11.9. The van der Waals surface area contributed by atoms with Crippen LogP contribution in [0.15, 0.2) is 0 Å². The van der Waals surface area contributed by atoms with Crippen molar-refractivity contribution in [2.45, 2.75) is 68.0 Å². The van der Waals surface area contributed by atoms with Gasteiger partial charge in [-0.05, 0) is 19.3 Å². The van der Waals surface area contributed by atoms with E-state index >= 15 is 0 Å². The molecular formula is C11H12F12O2. The van der Waals surface area contributed by atoms with Gasteiger partial charge in [-0.3, -0.25) is 0 Å². The molecule has 14 heteroatoms. The number of aliphatic hydroxyl groups is 2. The van der Waals surface area contributed by atoms with Crippen molar-refractivity contribution in [2.24, 2.45) is 0 Å². The van der Waals surface area contributed by atoms with E-state index in [4.69, 9.17) is 10.2 Å². The number of halogens is 12. The Bertz CT molecular complexity index is 380. The van der Waals surface area contributed by atoms with E-state index in [2.05, 4.69) is 0 Å². The van der Waals surface area contributed by atoms with Gasteiger partial charge in [-0.25, -0.2) is 26.3 Å². The van der Waals surface area contributed by atoms with E-state index < -0.39 is 68.0 Å². The molecule has 2 N–H and O–H groups in total. The van der Waals surface area contributed by atoms with Gasteiger partial charge in [0, 0.05) is 0 Å². The minimum atomic E-state index is -6.04. The second-order valence-corrected chi connectivity index (χ2v) is 5.12. The summed E-state index contributed by atoms with van der Waals surface area (Å²) in [5.74, 6) is -10.7. The summed E-state index contributed by atoms with van der Waals surface area (Å²) in [7, 11) is 0. The van der Waals surface area contributed by atoms with Gasteiger partial charge in [0.1, 0.15) is 12.2 Å². The standard InChI is InChI=1S/C11H12F12O2/c12-6(10(18,19)20)8(14,15)4(24)2-1-3-5(25)9(16,17)7(13)11(21,22)23/h4-7,24-25H,1-3H2. The van der Waals surface area contributed by atoms with Crippen molar-refractivity contribution in [3.05, 3.63) is 0 Å². The molecule has 4 atom stereocenters. The molecule has 0 radical (unpaired) electrons. The van der Waals surface area contributed by atoms with Crippen molar-refractivity contribution >= 4 is 0 Å². The molecule has 0 saturated heterocycles. The predicted octanol–water partition coefficient (Wildman–Crippen LogP) is 3.95. The lowest BCUT2D eigenvalue weighted by Gasteiger charge is -2.29. The minimum Gasteiger partial charge on any atom is -0.387 e. The smallest absolute Gasteiger partial charge is 0.387 e. The van der Waals surface area contributed by atoms with Gasteiger partial charge < -0.3 is 10.2 Å². The fraction of sp³-hybridized carbons (Fsp3) is 1.00. The lowest BCUT2D eigenvalue weighted by atomic mass is 9.97. The average molecular weight is 404 g/mol. The van der Waals surface area contributed by atoms with Gasteiger partial charge >= 0.3 is 24.2 Å². The first-order valence-electron chi connectivity index (χ1n) is 6.39. The summed E-state index contributed by atoms with van der Waals surface area (Å²) in [6.45, 7) is 0. The van der Waals surface area contributed by atoms with E-state index in [9.17, 15) is 52.7 Å². The lowest BCUT2D eigenvalue weighted by molar-refractivity contribution is -0.270. The van der Waals surface area contributed by atoms with Crippen LogP contribution in [0.25, 0.3) is 0 Å². The Morgan fingerprint density at radius 1 is 0.560 bits per heavy atom. The van der Waals surface area contributed by atoms with E-state index in [0.717, 1.165) is 0 Å². The predicted molar refractivity (Wildman–Crippen MR) is 57.7 cm³/mol. The van der Waals surface area contributed by atoms with E-state index in [1.165, 1.54) is 0 Å². The number of rotatable bonds is 8. The fourth-order valence-corrected chi connectivity index (χ4v) is 1.66. The molecular weight excluding hydrogens is 392 g/mol. The number of hydrogen-bond donors (Lipinski definition) is 2. The van der Waals surface area contributed by atoms with Crippen molar-refractivity contribution in [1.29, 1.82) is 0 Å². The van der Waals surface area contributed by atoms with Gasteiger partial charge in [0.25, 0.3) is 12.3 Å². The van der Waals surface area contributed by atoms with Crippen LogP contribution in [0.3, 0.4) is 0 Å². The summed E-state index contributed by atoms with van der Waals surface area (Å²) in [5, 5.41) is 17.7. The summed E-state index contributed by atoms with van der Waals surface area (Å²) >= 11 is 0. The molecule has 0 rings (SSSR count). The molecule has 25 heavy (non-hydrogen) atoms. The Morgan fingerprint density at radius 2 is 0.800 bits per heavy atom. The van der Waals surface area contributed by atoms with Crippen LogP contribution in [0.2, 0.25) is 0 Å². The normalized spacial score (nSPS) is 19.4. The second kappa shape index (κ2) is 7.76. The summed E-state index contributed by atoms with van der Waals surface area (Å²) in [4.78, 5) is 0. The van der Waals surface area contributed by atoms with Crippen molar-refractivity contribution in [3.63, 3.8) is 0 Å². The van der Waals surface area contributed by atoms with Crippen molar-refractivity contribution < 1.29 is 62.9 Å². The van der Waals surface area contributed by atoms with Gasteiger partial charge in [-0.2, -0.15) is 26.3 Å². The molecule has 0 saturated carbocycles. The van der Waals surface area contributed by atoms with Crippen LogP contribution in [-0.4, -0.2) is 59.0 Å². The van der Waals surface area contributed by atoms with Crippen LogP contribution in [0, 0.1) is 0 Å². The number of hydrogen-bond acceptors (Lipinski definition) is 2. The first-order chi connectivity index (χ1) is 10.9. The van der Waals surface area contributed by atoms with Crippen molar-refractivity contribution in [1.82, 2.24) is 0 Å². The molecule has 152 valence electrons. The highest BCUT2D eigenvalue weighted by atomic mass is 19.4. The van der Waals surface area contributed by atoms with Gasteiger partial charge in [0.2, 0.25) is 0 Å². The van der Waals surface area contributed by atoms with Crippen LogP contribution >= 0.6 is 0 Å². The molecule has 0 aliphatic rings.